The maximum absolute atomic E-state index is 13.2. The molecule has 9 atom stereocenters. The molecule has 14 heteroatoms. The molecule has 13 nitrogen and oxygen atoms in total. The molecule has 0 fully saturated rings. The van der Waals surface area contributed by atoms with Gasteiger partial charge in [0.1, 0.15) is 6.61 Å². The van der Waals surface area contributed by atoms with Gasteiger partial charge in [0, 0.05) is 37.7 Å². The van der Waals surface area contributed by atoms with E-state index in [1.54, 1.807) is 6.20 Å². The fourth-order valence-electron chi connectivity index (χ4n) is 8.36. The fraction of sp³-hybridized carbons (Fsp3) is 0.882. The topological polar surface area (TPSA) is 192 Å². The summed E-state index contributed by atoms with van der Waals surface area (Å²) in [6.45, 7) is 21.3. The van der Waals surface area contributed by atoms with Gasteiger partial charge in [-0.25, -0.2) is 9.55 Å². The number of nitrogens with two attached hydrogens (primary N) is 1. The minimum Gasteiger partial charge on any atom is -0.462 e. The van der Waals surface area contributed by atoms with Crippen molar-refractivity contribution in [3.05, 3.63) is 18.2 Å². The van der Waals surface area contributed by atoms with E-state index in [-0.39, 0.29) is 50.9 Å². The first-order chi connectivity index (χ1) is 30.7. The van der Waals surface area contributed by atoms with Crippen molar-refractivity contribution >= 4 is 25.7 Å². The molecule has 0 saturated heterocycles. The second-order valence-corrected chi connectivity index (χ2v) is 22.4. The van der Waals surface area contributed by atoms with Gasteiger partial charge in [0.25, 0.3) is 0 Å². The standard InChI is InChI=1S/C51H97N4O9P/c1-38(2)17-11-19-40(5)21-13-23-42(7)25-15-27-44(9)31-49(56)61-35-47(36-63-65(59,60)62-30-29-54-51(58)48(52)33-46-34-53-37-55-46)64-50(57)32-45(10)28-16-26-43(8)24-14-22-41(6)20-12-18-39(3)4/h34,37-45,47-48H,11-33,35-36,52H2,1-10H3,(H,53,55)(H,54,58)(H,59,60). The van der Waals surface area contributed by atoms with Crippen molar-refractivity contribution in [2.24, 2.45) is 53.1 Å². The van der Waals surface area contributed by atoms with Crippen LogP contribution in [0, 0.1) is 47.3 Å². The molecule has 0 radical (unpaired) electrons. The van der Waals surface area contributed by atoms with Crippen LogP contribution in [0.15, 0.2) is 12.5 Å². The number of nitrogens with zero attached hydrogens (tertiary/aromatic N) is 1. The van der Waals surface area contributed by atoms with Crippen LogP contribution in [-0.4, -0.2) is 71.2 Å². The first-order valence-corrected chi connectivity index (χ1v) is 27.2. The van der Waals surface area contributed by atoms with Crippen LogP contribution in [0.25, 0.3) is 0 Å². The lowest BCUT2D eigenvalue weighted by Gasteiger charge is -2.21. The number of phosphoric ester groups is 1. The van der Waals surface area contributed by atoms with Crippen molar-refractivity contribution in [2.75, 3.05) is 26.4 Å². The van der Waals surface area contributed by atoms with Crippen LogP contribution < -0.4 is 11.1 Å². The summed E-state index contributed by atoms with van der Waals surface area (Å²) >= 11 is 0. The molecule has 0 saturated carbocycles. The van der Waals surface area contributed by atoms with Crippen molar-refractivity contribution in [3.8, 4) is 0 Å². The van der Waals surface area contributed by atoms with E-state index in [1.165, 1.54) is 83.4 Å². The van der Waals surface area contributed by atoms with Crippen molar-refractivity contribution in [1.82, 2.24) is 15.3 Å². The highest BCUT2D eigenvalue weighted by Crippen LogP contribution is 2.43. The van der Waals surface area contributed by atoms with E-state index >= 15 is 0 Å². The number of carbonyl (C=O) groups excluding carboxylic acids is 3. The smallest absolute Gasteiger partial charge is 0.462 e. The summed E-state index contributed by atoms with van der Waals surface area (Å²) in [5, 5.41) is 2.57. The van der Waals surface area contributed by atoms with Crippen LogP contribution >= 0.6 is 7.82 Å². The molecular formula is C51H97N4O9P. The highest BCUT2D eigenvalue weighted by Gasteiger charge is 2.27. The molecule has 1 heterocycles. The van der Waals surface area contributed by atoms with Gasteiger partial charge in [0.15, 0.2) is 6.10 Å². The Morgan fingerprint density at radius 3 is 1.51 bits per heavy atom. The number of rotatable bonds is 41. The molecule has 1 aromatic heterocycles. The second kappa shape index (κ2) is 35.8. The molecule has 0 aliphatic heterocycles. The Bertz CT molecular complexity index is 1410. The number of esters is 2. The van der Waals surface area contributed by atoms with Crippen LogP contribution in [-0.2, 0) is 43.9 Å². The summed E-state index contributed by atoms with van der Waals surface area (Å²) in [6.07, 6.45) is 24.0. The average Bonchev–Trinajstić information content (AvgIpc) is 3.73. The maximum atomic E-state index is 13.2. The van der Waals surface area contributed by atoms with Crippen LogP contribution in [0.4, 0.5) is 0 Å². The number of aromatic nitrogens is 2. The summed E-state index contributed by atoms with van der Waals surface area (Å²) in [4.78, 5) is 55.7. The average molecular weight is 941 g/mol. The summed E-state index contributed by atoms with van der Waals surface area (Å²) in [5.74, 6) is 3.19. The quantitative estimate of drug-likeness (QED) is 0.0277. The normalized spacial score (nSPS) is 16.6. The molecule has 0 aliphatic rings. The Hall–Kier alpha value is -2.31. The van der Waals surface area contributed by atoms with Crippen molar-refractivity contribution in [1.29, 1.82) is 0 Å². The number of nitrogens with one attached hydrogen (secondary N) is 2. The van der Waals surface area contributed by atoms with Crippen molar-refractivity contribution in [3.63, 3.8) is 0 Å². The molecule has 380 valence electrons. The molecule has 5 N–H and O–H groups in total. The van der Waals surface area contributed by atoms with E-state index in [1.807, 2.05) is 13.8 Å². The van der Waals surface area contributed by atoms with Crippen molar-refractivity contribution in [2.45, 2.75) is 216 Å². The molecule has 1 amide bonds. The number of phosphoric acid groups is 1. The Kier molecular flexibility index (Phi) is 33.4. The fourth-order valence-corrected chi connectivity index (χ4v) is 9.11. The Labute approximate surface area is 396 Å². The number of H-pyrrole nitrogens is 1. The zero-order chi connectivity index (χ0) is 48.6. The number of ether oxygens (including phenoxy) is 2. The van der Waals surface area contributed by atoms with Gasteiger partial charge in [-0.05, 0) is 47.3 Å². The number of aromatic amines is 1. The van der Waals surface area contributed by atoms with Crippen molar-refractivity contribution < 1.29 is 42.4 Å². The summed E-state index contributed by atoms with van der Waals surface area (Å²) in [5.41, 5.74) is 6.64. The predicted octanol–water partition coefficient (Wildman–Crippen LogP) is 11.9. The van der Waals surface area contributed by atoms with Gasteiger partial charge < -0.3 is 30.4 Å². The molecule has 0 aromatic carbocycles. The number of hydrogen-bond donors (Lipinski definition) is 4. The van der Waals surface area contributed by atoms with E-state index < -0.39 is 44.4 Å². The van der Waals surface area contributed by atoms with Crippen LogP contribution in [0.2, 0.25) is 0 Å². The van der Waals surface area contributed by atoms with Crippen LogP contribution in [0.3, 0.4) is 0 Å². The molecule has 0 spiro atoms. The van der Waals surface area contributed by atoms with E-state index in [2.05, 4.69) is 70.7 Å². The van der Waals surface area contributed by atoms with E-state index in [4.69, 9.17) is 24.3 Å². The molecule has 1 aromatic rings. The Morgan fingerprint density at radius 2 is 1.08 bits per heavy atom. The SMILES string of the molecule is CC(C)CCCC(C)CCCC(C)CCCC(C)CC(=O)OCC(COP(=O)(O)OCCNC(=O)C(N)Cc1cnc[nH]1)OC(=O)CC(C)CCCC(C)CCCC(C)CCCC(C)C. The largest absolute Gasteiger partial charge is 0.472 e. The number of carbonyl (C=O) groups is 3. The number of hydrogen-bond acceptors (Lipinski definition) is 10. The van der Waals surface area contributed by atoms with Gasteiger partial charge in [-0.1, -0.05) is 185 Å². The van der Waals surface area contributed by atoms with Gasteiger partial charge in [-0.3, -0.25) is 23.4 Å². The third-order valence-electron chi connectivity index (χ3n) is 12.7. The first-order valence-electron chi connectivity index (χ1n) is 25.7. The van der Waals surface area contributed by atoms with Gasteiger partial charge in [0.05, 0.1) is 25.6 Å². The lowest BCUT2D eigenvalue weighted by molar-refractivity contribution is -0.162. The minimum atomic E-state index is -4.63. The lowest BCUT2D eigenvalue weighted by Crippen LogP contribution is -2.43. The molecule has 65 heavy (non-hydrogen) atoms. The predicted molar refractivity (Wildman–Crippen MR) is 263 cm³/mol. The second-order valence-electron chi connectivity index (χ2n) is 21.0. The van der Waals surface area contributed by atoms with Crippen LogP contribution in [0.1, 0.15) is 203 Å². The molecule has 0 aliphatic carbocycles. The molecule has 9 unspecified atom stereocenters. The third kappa shape index (κ3) is 34.6. The highest BCUT2D eigenvalue weighted by atomic mass is 31.2. The van der Waals surface area contributed by atoms with Gasteiger partial charge >= 0.3 is 19.8 Å². The zero-order valence-corrected chi connectivity index (χ0v) is 43.7. The van der Waals surface area contributed by atoms with E-state index in [0.717, 1.165) is 62.2 Å². The van der Waals surface area contributed by atoms with Crippen LogP contribution in [0.5, 0.6) is 0 Å². The van der Waals surface area contributed by atoms with Gasteiger partial charge in [-0.2, -0.15) is 0 Å². The lowest BCUT2D eigenvalue weighted by atomic mass is 9.91. The molecule has 1 rings (SSSR count). The molecular weight excluding hydrogens is 844 g/mol. The summed E-state index contributed by atoms with van der Waals surface area (Å²) in [6, 6.07) is -0.852. The first kappa shape index (κ1) is 60.7. The number of imidazole rings is 1. The minimum absolute atomic E-state index is 0.0709. The Balaban J connectivity index is 2.60. The summed E-state index contributed by atoms with van der Waals surface area (Å²) < 4.78 is 34.3. The van der Waals surface area contributed by atoms with E-state index in [0.29, 0.717) is 17.5 Å². The van der Waals surface area contributed by atoms with Gasteiger partial charge in [-0.15, -0.1) is 0 Å². The monoisotopic (exact) mass is 941 g/mol. The van der Waals surface area contributed by atoms with Gasteiger partial charge in [0.2, 0.25) is 5.91 Å². The third-order valence-corrected chi connectivity index (χ3v) is 13.7. The molecule has 0 bridgehead atoms. The maximum Gasteiger partial charge on any atom is 0.472 e. The zero-order valence-electron chi connectivity index (χ0n) is 42.8. The number of amides is 1. The Morgan fingerprint density at radius 1 is 0.646 bits per heavy atom. The summed E-state index contributed by atoms with van der Waals surface area (Å²) in [7, 11) is -4.63. The van der Waals surface area contributed by atoms with E-state index in [9.17, 15) is 23.8 Å². The highest BCUT2D eigenvalue weighted by molar-refractivity contribution is 7.47.